The maximum Gasteiger partial charge on any atom is 0.219 e. The van der Waals surface area contributed by atoms with Crippen molar-refractivity contribution in [2.24, 2.45) is 0 Å². The van der Waals surface area contributed by atoms with Gasteiger partial charge in [-0.1, -0.05) is 23.7 Å². The number of hydrogen-bond acceptors (Lipinski definition) is 9. The summed E-state index contributed by atoms with van der Waals surface area (Å²) in [4.78, 5) is 13.6. The van der Waals surface area contributed by atoms with Gasteiger partial charge < -0.3 is 24.8 Å². The van der Waals surface area contributed by atoms with Gasteiger partial charge in [0.2, 0.25) is 17.4 Å². The van der Waals surface area contributed by atoms with Gasteiger partial charge in [0.05, 0.1) is 27.4 Å². The van der Waals surface area contributed by atoms with Crippen molar-refractivity contribution in [3.05, 3.63) is 63.8 Å². The molecular weight excluding hydrogens is 460 g/mol. The molecule has 0 amide bonds. The molecule has 2 unspecified atom stereocenters. The second-order valence-electron chi connectivity index (χ2n) is 8.09. The van der Waals surface area contributed by atoms with E-state index in [0.29, 0.717) is 52.3 Å². The Balaban J connectivity index is 1.62. The number of nitrogens with zero attached hydrogens (tertiary/aromatic N) is 2. The van der Waals surface area contributed by atoms with Gasteiger partial charge in [0.15, 0.2) is 17.3 Å². The fourth-order valence-electron chi connectivity index (χ4n) is 4.59. The third-order valence-corrected chi connectivity index (χ3v) is 6.45. The monoisotopic (exact) mass is 482 g/mol. The van der Waals surface area contributed by atoms with Gasteiger partial charge in [0.1, 0.15) is 0 Å². The predicted molar refractivity (Wildman–Crippen MR) is 126 cm³/mol. The number of aromatic nitrogens is 2. The third-order valence-electron chi connectivity index (χ3n) is 6.20. The number of allylic oxidation sites excluding steroid dienone is 1. The molecular formula is C24H23ClN4O5. The van der Waals surface area contributed by atoms with Crippen LogP contribution in [0, 0.1) is 0 Å². The lowest BCUT2D eigenvalue weighted by atomic mass is 9.78. The Kier molecular flexibility index (Phi) is 5.79. The highest BCUT2D eigenvalue weighted by atomic mass is 35.5. The van der Waals surface area contributed by atoms with Gasteiger partial charge in [-0.2, -0.15) is 0 Å². The van der Waals surface area contributed by atoms with Crippen LogP contribution in [0.1, 0.15) is 35.9 Å². The molecule has 2 heterocycles. The minimum absolute atomic E-state index is 0.00184. The van der Waals surface area contributed by atoms with Crippen LogP contribution in [0.3, 0.4) is 0 Å². The molecule has 34 heavy (non-hydrogen) atoms. The Hall–Kier alpha value is -3.72. The SMILES string of the molecule is COc1cc(C2Nc3nonc3NC3=C2C(=O)CC(c2ccc(Cl)cc2)C3)cc(OC)c1OC. The maximum absolute atomic E-state index is 13.6. The van der Waals surface area contributed by atoms with Gasteiger partial charge in [-0.05, 0) is 58.0 Å². The van der Waals surface area contributed by atoms with Crippen molar-refractivity contribution in [2.75, 3.05) is 32.0 Å². The van der Waals surface area contributed by atoms with E-state index in [-0.39, 0.29) is 11.7 Å². The zero-order chi connectivity index (χ0) is 23.8. The molecule has 2 atom stereocenters. The van der Waals surface area contributed by atoms with Gasteiger partial charge in [-0.3, -0.25) is 4.79 Å². The van der Waals surface area contributed by atoms with Crippen LogP contribution >= 0.6 is 11.6 Å². The van der Waals surface area contributed by atoms with E-state index in [4.69, 9.17) is 30.4 Å². The van der Waals surface area contributed by atoms with E-state index in [1.165, 1.54) is 0 Å². The van der Waals surface area contributed by atoms with E-state index < -0.39 is 6.04 Å². The van der Waals surface area contributed by atoms with Crippen molar-refractivity contribution in [2.45, 2.75) is 24.8 Å². The molecule has 2 aliphatic rings. The van der Waals surface area contributed by atoms with Gasteiger partial charge in [0.25, 0.3) is 0 Å². The molecule has 0 bridgehead atoms. The van der Waals surface area contributed by atoms with Crippen LogP contribution in [0.4, 0.5) is 11.6 Å². The van der Waals surface area contributed by atoms with Crippen LogP contribution in [0.15, 0.2) is 52.3 Å². The lowest BCUT2D eigenvalue weighted by Crippen LogP contribution is -2.27. The standard InChI is InChI=1S/C24H23ClN4O5/c1-31-18-10-14(11-19(32-2)22(18)33-3)21-20-16(26-23-24(27-21)29-34-28-23)8-13(9-17(20)30)12-4-6-15(25)7-5-12/h4-7,10-11,13,21H,8-9H2,1-3H3,(H,26,28)(H,27,29). The number of rotatable bonds is 5. The molecule has 1 aliphatic carbocycles. The van der Waals surface area contributed by atoms with E-state index in [0.717, 1.165) is 16.8 Å². The summed E-state index contributed by atoms with van der Waals surface area (Å²) in [5, 5.41) is 15.2. The average Bonchev–Trinajstić information content (AvgIpc) is 3.21. The highest BCUT2D eigenvalue weighted by Crippen LogP contribution is 2.46. The van der Waals surface area contributed by atoms with E-state index in [1.54, 1.807) is 21.3 Å². The lowest BCUT2D eigenvalue weighted by molar-refractivity contribution is -0.116. The molecule has 10 heteroatoms. The van der Waals surface area contributed by atoms with Gasteiger partial charge >= 0.3 is 0 Å². The first-order valence-electron chi connectivity index (χ1n) is 10.7. The first-order chi connectivity index (χ1) is 16.5. The number of methoxy groups -OCH3 is 3. The number of Topliss-reactive ketones (excluding diaryl/α,β-unsaturated/α-hetero) is 1. The summed E-state index contributed by atoms with van der Waals surface area (Å²) in [6, 6.07) is 10.7. The van der Waals surface area contributed by atoms with Crippen LogP contribution in [0.2, 0.25) is 5.02 Å². The van der Waals surface area contributed by atoms with Crippen molar-refractivity contribution >= 4 is 29.0 Å². The summed E-state index contributed by atoms with van der Waals surface area (Å²) in [5.74, 6) is 2.28. The largest absolute Gasteiger partial charge is 0.493 e. The number of fused-ring (bicyclic) bond motifs is 1. The number of benzene rings is 2. The predicted octanol–water partition coefficient (Wildman–Crippen LogP) is 4.73. The Labute approximate surface area is 201 Å². The topological polar surface area (TPSA) is 108 Å². The van der Waals surface area contributed by atoms with Gasteiger partial charge in [0, 0.05) is 22.7 Å². The number of hydrogen-bond donors (Lipinski definition) is 2. The minimum atomic E-state index is -0.539. The molecule has 2 aromatic carbocycles. The van der Waals surface area contributed by atoms with Crippen LogP contribution in [0.25, 0.3) is 0 Å². The number of anilines is 2. The second kappa shape index (κ2) is 8.90. The zero-order valence-electron chi connectivity index (χ0n) is 18.8. The molecule has 0 saturated carbocycles. The molecule has 1 aromatic heterocycles. The Morgan fingerprint density at radius 1 is 0.941 bits per heavy atom. The van der Waals surface area contributed by atoms with Gasteiger partial charge in [-0.25, -0.2) is 4.63 Å². The van der Waals surface area contributed by atoms with E-state index in [9.17, 15) is 4.79 Å². The Bertz CT molecular complexity index is 1250. The number of nitrogens with one attached hydrogen (secondary N) is 2. The van der Waals surface area contributed by atoms with Crippen LogP contribution in [-0.2, 0) is 4.79 Å². The second-order valence-corrected chi connectivity index (χ2v) is 8.53. The van der Waals surface area contributed by atoms with Crippen molar-refractivity contribution in [1.82, 2.24) is 10.3 Å². The summed E-state index contributed by atoms with van der Waals surface area (Å²) in [6.45, 7) is 0. The van der Waals surface area contributed by atoms with E-state index >= 15 is 0 Å². The zero-order valence-corrected chi connectivity index (χ0v) is 19.6. The molecule has 1 aliphatic heterocycles. The Morgan fingerprint density at radius 2 is 1.62 bits per heavy atom. The fourth-order valence-corrected chi connectivity index (χ4v) is 4.72. The molecule has 2 N–H and O–H groups in total. The van der Waals surface area contributed by atoms with E-state index in [1.807, 2.05) is 36.4 Å². The number of halogens is 1. The van der Waals surface area contributed by atoms with Crippen molar-refractivity contribution in [3.8, 4) is 17.2 Å². The average molecular weight is 483 g/mol. The van der Waals surface area contributed by atoms with Crippen molar-refractivity contribution < 1.29 is 23.6 Å². The molecule has 0 saturated heterocycles. The molecule has 5 rings (SSSR count). The molecule has 0 radical (unpaired) electrons. The molecule has 0 spiro atoms. The summed E-state index contributed by atoms with van der Waals surface area (Å²) < 4.78 is 21.5. The Morgan fingerprint density at radius 3 is 2.26 bits per heavy atom. The number of ketones is 1. The molecule has 3 aromatic rings. The van der Waals surface area contributed by atoms with Gasteiger partial charge in [-0.15, -0.1) is 0 Å². The van der Waals surface area contributed by atoms with Crippen LogP contribution in [0.5, 0.6) is 17.2 Å². The quantitative estimate of drug-likeness (QED) is 0.533. The van der Waals surface area contributed by atoms with Crippen LogP contribution in [-0.4, -0.2) is 37.4 Å². The number of carbonyl (C=O) groups is 1. The fraction of sp³-hybridized carbons (Fsp3) is 0.292. The summed E-state index contributed by atoms with van der Waals surface area (Å²) >= 11 is 6.06. The first kappa shape index (κ1) is 22.1. The highest BCUT2D eigenvalue weighted by molar-refractivity contribution is 6.30. The third kappa shape index (κ3) is 3.81. The lowest BCUT2D eigenvalue weighted by Gasteiger charge is -2.30. The molecule has 176 valence electrons. The summed E-state index contributed by atoms with van der Waals surface area (Å²) in [6.07, 6.45) is 0.970. The minimum Gasteiger partial charge on any atom is -0.493 e. The smallest absolute Gasteiger partial charge is 0.219 e. The first-order valence-corrected chi connectivity index (χ1v) is 11.1. The van der Waals surface area contributed by atoms with Crippen molar-refractivity contribution in [3.63, 3.8) is 0 Å². The summed E-state index contributed by atoms with van der Waals surface area (Å²) in [5.41, 5.74) is 3.17. The maximum atomic E-state index is 13.6. The summed E-state index contributed by atoms with van der Waals surface area (Å²) in [7, 11) is 4.65. The van der Waals surface area contributed by atoms with E-state index in [2.05, 4.69) is 20.9 Å². The number of ether oxygens (including phenoxy) is 3. The molecule has 9 nitrogen and oxygen atoms in total. The number of carbonyl (C=O) groups excluding carboxylic acids is 1. The molecule has 0 fully saturated rings. The van der Waals surface area contributed by atoms with Crippen molar-refractivity contribution in [1.29, 1.82) is 0 Å². The highest BCUT2D eigenvalue weighted by Gasteiger charge is 2.38. The van der Waals surface area contributed by atoms with Crippen LogP contribution < -0.4 is 24.8 Å². The normalized spacial score (nSPS) is 19.4.